The van der Waals surface area contributed by atoms with Crippen molar-refractivity contribution in [3.63, 3.8) is 0 Å². The normalized spacial score (nSPS) is 17.7. The van der Waals surface area contributed by atoms with E-state index in [4.69, 9.17) is 4.99 Å². The van der Waals surface area contributed by atoms with Gasteiger partial charge >= 0.3 is 0 Å². The summed E-state index contributed by atoms with van der Waals surface area (Å²) >= 11 is 1.73. The quantitative estimate of drug-likeness (QED) is 0.458. The van der Waals surface area contributed by atoms with Crippen LogP contribution in [0.3, 0.4) is 0 Å². The van der Waals surface area contributed by atoms with Crippen molar-refractivity contribution >= 4 is 34.8 Å². The van der Waals surface area contributed by atoms with E-state index in [1.807, 2.05) is 23.1 Å². The molecule has 4 nitrogen and oxygen atoms in total. The monoisotopic (exact) mass is 455 g/mol. The van der Waals surface area contributed by atoms with Gasteiger partial charge in [0.15, 0.2) is 0 Å². The second kappa shape index (κ2) is 8.71. The predicted octanol–water partition coefficient (Wildman–Crippen LogP) is 6.26. The van der Waals surface area contributed by atoms with Crippen molar-refractivity contribution in [2.45, 2.75) is 43.5 Å². The van der Waals surface area contributed by atoms with E-state index in [2.05, 4.69) is 75.1 Å². The Hall–Kier alpha value is -3.05. The molecule has 0 saturated carbocycles. The largest absolute Gasteiger partial charge is 0.365 e. The number of piperazine rings is 1. The lowest BCUT2D eigenvalue weighted by molar-refractivity contribution is 0.0726. The van der Waals surface area contributed by atoms with E-state index < -0.39 is 0 Å². The summed E-state index contributed by atoms with van der Waals surface area (Å²) in [5.41, 5.74) is 7.47. The second-order valence-electron chi connectivity index (χ2n) is 9.11. The summed E-state index contributed by atoms with van der Waals surface area (Å²) in [7, 11) is 0. The highest BCUT2D eigenvalue weighted by Crippen LogP contribution is 2.41. The third kappa shape index (κ3) is 4.30. The van der Waals surface area contributed by atoms with Crippen molar-refractivity contribution in [1.29, 1.82) is 0 Å². The summed E-state index contributed by atoms with van der Waals surface area (Å²) in [5, 5.41) is 0. The number of fused-ring (bicyclic) bond motifs is 2. The van der Waals surface area contributed by atoms with Crippen LogP contribution in [-0.2, 0) is 0 Å². The van der Waals surface area contributed by atoms with E-state index >= 15 is 0 Å². The Kier molecular flexibility index (Phi) is 5.75. The van der Waals surface area contributed by atoms with Crippen molar-refractivity contribution in [3.05, 3.63) is 82.9 Å². The fourth-order valence-corrected chi connectivity index (χ4v) is 5.75. The zero-order valence-corrected chi connectivity index (χ0v) is 20.4. The Labute approximate surface area is 200 Å². The van der Waals surface area contributed by atoms with Gasteiger partial charge in [0.25, 0.3) is 5.91 Å². The highest BCUT2D eigenvalue weighted by atomic mass is 32.2. The Morgan fingerprint density at radius 3 is 2.52 bits per heavy atom. The minimum absolute atomic E-state index is 0.0870. The molecule has 33 heavy (non-hydrogen) atoms. The van der Waals surface area contributed by atoms with E-state index in [0.29, 0.717) is 12.1 Å². The molecular weight excluding hydrogens is 426 g/mol. The van der Waals surface area contributed by atoms with Gasteiger partial charge in [0.05, 0.1) is 5.69 Å². The Morgan fingerprint density at radius 2 is 1.73 bits per heavy atom. The number of benzene rings is 3. The van der Waals surface area contributed by atoms with Crippen molar-refractivity contribution in [2.24, 2.45) is 4.99 Å². The molecule has 0 spiro atoms. The Balaban J connectivity index is 1.36. The molecule has 1 atom stereocenters. The molecule has 0 radical (unpaired) electrons. The summed E-state index contributed by atoms with van der Waals surface area (Å²) in [5.74, 6) is 0.0870. The fraction of sp³-hybridized carbons (Fsp3) is 0.286. The first-order valence-corrected chi connectivity index (χ1v) is 12.3. The summed E-state index contributed by atoms with van der Waals surface area (Å²) in [6.45, 7) is 10.7. The molecule has 0 aromatic heterocycles. The van der Waals surface area contributed by atoms with E-state index in [0.717, 1.165) is 29.4 Å². The number of hydrogen-bond donors (Lipinski definition) is 0. The minimum Gasteiger partial charge on any atom is -0.365 e. The van der Waals surface area contributed by atoms with Crippen LogP contribution in [0, 0.1) is 13.8 Å². The van der Waals surface area contributed by atoms with Crippen LogP contribution in [0.5, 0.6) is 0 Å². The lowest BCUT2D eigenvalue weighted by Gasteiger charge is -2.41. The minimum atomic E-state index is 0.0870. The number of anilines is 1. The number of amides is 1. The van der Waals surface area contributed by atoms with E-state index in [1.165, 1.54) is 27.3 Å². The first-order valence-electron chi connectivity index (χ1n) is 11.5. The van der Waals surface area contributed by atoms with Gasteiger partial charge in [0, 0.05) is 58.0 Å². The summed E-state index contributed by atoms with van der Waals surface area (Å²) in [6.07, 6.45) is 0. The SMILES string of the molecule is CC1=Nc2cc(C(=O)N3CCN(c4cccc(C)c4)C(C)C3)ccc2Sc2ccc(C)cc21. The van der Waals surface area contributed by atoms with Gasteiger partial charge in [-0.1, -0.05) is 35.5 Å². The van der Waals surface area contributed by atoms with Gasteiger partial charge in [0.2, 0.25) is 0 Å². The molecule has 168 valence electrons. The van der Waals surface area contributed by atoms with E-state index in [-0.39, 0.29) is 11.9 Å². The van der Waals surface area contributed by atoms with Crippen molar-refractivity contribution in [3.8, 4) is 0 Å². The van der Waals surface area contributed by atoms with Gasteiger partial charge in [-0.15, -0.1) is 0 Å². The summed E-state index contributed by atoms with van der Waals surface area (Å²) in [4.78, 5) is 25.0. The highest BCUT2D eigenvalue weighted by Gasteiger charge is 2.28. The van der Waals surface area contributed by atoms with Crippen LogP contribution in [0.25, 0.3) is 0 Å². The standard InChI is InChI=1S/C28H29N3OS/c1-18-6-5-7-23(14-18)31-13-12-30(17-20(31)3)28(32)22-9-11-27-25(16-22)29-21(4)24-15-19(2)8-10-26(24)33-27/h5-11,14-16,20H,12-13,17H2,1-4H3. The van der Waals surface area contributed by atoms with Gasteiger partial charge in [-0.05, 0) is 75.7 Å². The fourth-order valence-electron chi connectivity index (χ4n) is 4.71. The van der Waals surface area contributed by atoms with Crippen LogP contribution in [0.1, 0.15) is 40.9 Å². The molecule has 3 aromatic carbocycles. The average Bonchev–Trinajstić information content (AvgIpc) is 2.93. The molecule has 1 saturated heterocycles. The van der Waals surface area contributed by atoms with E-state index in [1.54, 1.807) is 11.8 Å². The lowest BCUT2D eigenvalue weighted by Crippen LogP contribution is -2.53. The molecule has 1 unspecified atom stereocenters. The molecule has 2 heterocycles. The third-order valence-corrected chi connectivity index (χ3v) is 7.63. The molecule has 5 rings (SSSR count). The Bertz CT molecular complexity index is 1270. The van der Waals surface area contributed by atoms with E-state index in [9.17, 15) is 4.79 Å². The predicted molar refractivity (Wildman–Crippen MR) is 138 cm³/mol. The van der Waals surface area contributed by atoms with Gasteiger partial charge in [0.1, 0.15) is 0 Å². The maximum atomic E-state index is 13.4. The first kappa shape index (κ1) is 21.8. The van der Waals surface area contributed by atoms with Gasteiger partial charge in [-0.3, -0.25) is 9.79 Å². The van der Waals surface area contributed by atoms with Crippen molar-refractivity contribution in [1.82, 2.24) is 4.90 Å². The zero-order chi connectivity index (χ0) is 23.1. The molecule has 0 bridgehead atoms. The van der Waals surface area contributed by atoms with Crippen LogP contribution in [-0.4, -0.2) is 42.2 Å². The van der Waals surface area contributed by atoms with Crippen LogP contribution < -0.4 is 4.90 Å². The Morgan fingerprint density at radius 1 is 0.939 bits per heavy atom. The maximum Gasteiger partial charge on any atom is 0.254 e. The molecule has 5 heteroatoms. The topological polar surface area (TPSA) is 35.9 Å². The van der Waals surface area contributed by atoms with Gasteiger partial charge in [-0.25, -0.2) is 0 Å². The molecule has 0 aliphatic carbocycles. The van der Waals surface area contributed by atoms with Crippen LogP contribution in [0.2, 0.25) is 0 Å². The third-order valence-electron chi connectivity index (χ3n) is 6.49. The molecule has 2 aliphatic rings. The van der Waals surface area contributed by atoms with Gasteiger partial charge in [-0.2, -0.15) is 0 Å². The lowest BCUT2D eigenvalue weighted by atomic mass is 10.1. The molecular formula is C28H29N3OS. The molecule has 1 fully saturated rings. The average molecular weight is 456 g/mol. The first-order chi connectivity index (χ1) is 15.9. The molecule has 0 N–H and O–H groups in total. The number of hydrogen-bond acceptors (Lipinski definition) is 4. The van der Waals surface area contributed by atoms with Gasteiger partial charge < -0.3 is 9.80 Å². The van der Waals surface area contributed by atoms with Crippen LogP contribution in [0.4, 0.5) is 11.4 Å². The number of aliphatic imine (C=N–C) groups is 1. The molecule has 3 aromatic rings. The maximum absolute atomic E-state index is 13.4. The number of rotatable bonds is 2. The smallest absolute Gasteiger partial charge is 0.254 e. The number of aryl methyl sites for hydroxylation is 2. The highest BCUT2D eigenvalue weighted by molar-refractivity contribution is 7.99. The summed E-state index contributed by atoms with van der Waals surface area (Å²) < 4.78 is 0. The molecule has 2 aliphatic heterocycles. The van der Waals surface area contributed by atoms with Crippen LogP contribution in [0.15, 0.2) is 75.4 Å². The summed E-state index contributed by atoms with van der Waals surface area (Å²) in [6, 6.07) is 21.3. The molecule has 1 amide bonds. The number of carbonyl (C=O) groups excluding carboxylic acids is 1. The van der Waals surface area contributed by atoms with Crippen LogP contribution >= 0.6 is 11.8 Å². The van der Waals surface area contributed by atoms with Crippen molar-refractivity contribution in [2.75, 3.05) is 24.5 Å². The second-order valence-corrected chi connectivity index (χ2v) is 10.2. The number of nitrogens with zero attached hydrogens (tertiary/aromatic N) is 3. The zero-order valence-electron chi connectivity index (χ0n) is 19.6. The number of carbonyl (C=O) groups is 1. The van der Waals surface area contributed by atoms with Crippen molar-refractivity contribution < 1.29 is 4.79 Å².